The number of carbonyl (C=O) groups excluding carboxylic acids is 1. The van der Waals surface area contributed by atoms with Gasteiger partial charge in [-0.3, -0.25) is 19.4 Å². The fourth-order valence-electron chi connectivity index (χ4n) is 7.83. The van der Waals surface area contributed by atoms with Crippen LogP contribution in [0.15, 0.2) is 54.9 Å². The van der Waals surface area contributed by atoms with Gasteiger partial charge in [-0.1, -0.05) is 47.1 Å². The number of likely N-dealkylation sites (N-methyl/N-ethyl adjacent to an activating group) is 1. The summed E-state index contributed by atoms with van der Waals surface area (Å²) in [4.78, 5) is 33.6. The molecule has 0 unspecified atom stereocenters. The first-order chi connectivity index (χ1) is 23.8. The number of hydrogen-bond donors (Lipinski definition) is 0. The molecule has 1 atom stereocenters. The molecule has 2 aromatic carbocycles. The second-order valence-corrected chi connectivity index (χ2v) is 13.8. The van der Waals surface area contributed by atoms with Crippen molar-refractivity contribution < 1.29 is 13.9 Å². The topological polar surface area (TPSA) is 105 Å². The highest BCUT2D eigenvalue weighted by Crippen LogP contribution is 2.40. The number of fused-ring (bicyclic) bond motifs is 3. The summed E-state index contributed by atoms with van der Waals surface area (Å²) in [5.74, 6) is -0.164. The first-order valence-corrected chi connectivity index (χ1v) is 17.2. The third-order valence-corrected chi connectivity index (χ3v) is 10.7. The van der Waals surface area contributed by atoms with Gasteiger partial charge in [0.15, 0.2) is 5.82 Å². The normalized spacial score (nSPS) is 19.0. The van der Waals surface area contributed by atoms with Gasteiger partial charge in [0.25, 0.3) is 0 Å². The Kier molecular flexibility index (Phi) is 8.15. The van der Waals surface area contributed by atoms with E-state index < -0.39 is 5.82 Å². The van der Waals surface area contributed by atoms with Gasteiger partial charge in [-0.25, -0.2) is 4.39 Å². The van der Waals surface area contributed by atoms with Crippen molar-refractivity contribution in [1.82, 2.24) is 39.7 Å². The molecule has 0 aliphatic carbocycles. The summed E-state index contributed by atoms with van der Waals surface area (Å²) >= 11 is 6.63. The van der Waals surface area contributed by atoms with Crippen LogP contribution >= 0.6 is 11.6 Å². The number of anilines is 1. The Hall–Kier alpha value is -4.68. The lowest BCUT2D eigenvalue weighted by molar-refractivity contribution is -0.124. The van der Waals surface area contributed by atoms with Crippen LogP contribution < -0.4 is 9.64 Å². The van der Waals surface area contributed by atoms with Gasteiger partial charge in [0.2, 0.25) is 5.91 Å². The van der Waals surface area contributed by atoms with Gasteiger partial charge in [-0.05, 0) is 62.7 Å². The summed E-state index contributed by atoms with van der Waals surface area (Å²) < 4.78 is 24.8. The molecule has 3 aliphatic rings. The first-order valence-electron chi connectivity index (χ1n) is 16.8. The van der Waals surface area contributed by atoms with Crippen LogP contribution in [0.25, 0.3) is 39.0 Å². The molecule has 49 heavy (non-hydrogen) atoms. The van der Waals surface area contributed by atoms with Crippen molar-refractivity contribution in [3.8, 4) is 17.3 Å². The number of amides is 1. The van der Waals surface area contributed by atoms with Crippen LogP contribution in [0.4, 0.5) is 10.2 Å². The Bertz CT molecular complexity index is 2090. The van der Waals surface area contributed by atoms with Crippen LogP contribution in [0, 0.1) is 5.82 Å². The van der Waals surface area contributed by atoms with E-state index in [1.54, 1.807) is 41.2 Å². The molecule has 6 heterocycles. The molecule has 0 bridgehead atoms. The number of aryl methyl sites for hydroxylation is 1. The number of pyridine rings is 1. The largest absolute Gasteiger partial charge is 0.461 e. The fourth-order valence-corrected chi connectivity index (χ4v) is 8.11. The van der Waals surface area contributed by atoms with Crippen LogP contribution in [0.3, 0.4) is 0 Å². The van der Waals surface area contributed by atoms with Crippen molar-refractivity contribution in [2.45, 2.75) is 43.7 Å². The zero-order chi connectivity index (χ0) is 33.7. The van der Waals surface area contributed by atoms with Crippen molar-refractivity contribution in [1.29, 1.82) is 0 Å². The zero-order valence-electron chi connectivity index (χ0n) is 27.5. The fraction of sp³-hybridized carbons (Fsp3) is 0.389. The third-order valence-electron chi connectivity index (χ3n) is 10.4. The number of rotatable bonds is 8. The van der Waals surface area contributed by atoms with Gasteiger partial charge in [-0.2, -0.15) is 9.97 Å². The van der Waals surface area contributed by atoms with Gasteiger partial charge in [0.1, 0.15) is 29.3 Å². The predicted molar refractivity (Wildman–Crippen MR) is 187 cm³/mol. The second kappa shape index (κ2) is 12.6. The molecule has 0 spiro atoms. The van der Waals surface area contributed by atoms with Crippen LogP contribution in [-0.2, 0) is 11.8 Å². The summed E-state index contributed by atoms with van der Waals surface area (Å²) in [6.45, 7) is 3.63. The number of benzene rings is 2. The van der Waals surface area contributed by atoms with E-state index >= 15 is 4.39 Å². The average Bonchev–Trinajstić information content (AvgIpc) is 3.91. The van der Waals surface area contributed by atoms with Gasteiger partial charge in [0, 0.05) is 61.5 Å². The Morgan fingerprint density at radius 3 is 2.71 bits per heavy atom. The molecule has 13 heteroatoms. The number of carbonyl (C=O) groups is 1. The molecule has 8 rings (SSSR count). The van der Waals surface area contributed by atoms with E-state index in [1.165, 1.54) is 6.08 Å². The minimum absolute atomic E-state index is 0.0306. The molecular weight excluding hydrogens is 645 g/mol. The number of likely N-dealkylation sites (tertiary alicyclic amines) is 1. The Morgan fingerprint density at radius 1 is 1.14 bits per heavy atom. The van der Waals surface area contributed by atoms with E-state index in [1.807, 2.05) is 42.3 Å². The number of aromatic nitrogens is 6. The maximum atomic E-state index is 16.8. The van der Waals surface area contributed by atoms with Gasteiger partial charge in [0.05, 0.1) is 17.1 Å². The monoisotopic (exact) mass is 681 g/mol. The quantitative estimate of drug-likeness (QED) is 0.196. The average molecular weight is 682 g/mol. The lowest BCUT2D eigenvalue weighted by Crippen LogP contribution is -2.43. The SMILES string of the molecule is CN(c1nc(OCC23CCCN2CCC3)nc2c(F)c(-c3cccc4cccc(Cl)c34)ncc12)[C@@H]1CCN(C(=O)/C=C/c2cn(C)nn2)C1. The summed E-state index contributed by atoms with van der Waals surface area (Å²) in [7, 11) is 3.70. The molecule has 3 aromatic heterocycles. The molecule has 3 saturated heterocycles. The molecule has 11 nitrogen and oxygen atoms in total. The number of halogens is 2. The van der Waals surface area contributed by atoms with Crippen LogP contribution in [0.2, 0.25) is 5.02 Å². The van der Waals surface area contributed by atoms with Gasteiger partial charge >= 0.3 is 6.01 Å². The van der Waals surface area contributed by atoms with Gasteiger partial charge < -0.3 is 14.5 Å². The molecule has 3 fully saturated rings. The van der Waals surface area contributed by atoms with Crippen molar-refractivity contribution in [2.24, 2.45) is 7.05 Å². The lowest BCUT2D eigenvalue weighted by Gasteiger charge is -2.31. The first kappa shape index (κ1) is 31.6. The molecule has 1 amide bonds. The van der Waals surface area contributed by atoms with E-state index in [0.29, 0.717) is 53.6 Å². The standard InChI is InChI=1S/C36H37ClFN9O2/c1-44-20-24(42-43-44)11-12-29(48)46-18-13-25(21-46)45(2)34-27-19-39-32(26-9-3-7-23-8-4-10-28(37)30(23)26)31(38)33(27)40-35(41-34)49-22-36-14-5-16-47(36)17-6-15-36/h3-4,7-12,19-20,25H,5-6,13-18,21-22H2,1-2H3/b12-11+/t25-/m1/s1. The Balaban J connectivity index is 1.14. The highest BCUT2D eigenvalue weighted by Gasteiger charge is 2.45. The zero-order valence-corrected chi connectivity index (χ0v) is 28.3. The highest BCUT2D eigenvalue weighted by molar-refractivity contribution is 6.36. The van der Waals surface area contributed by atoms with E-state index in [9.17, 15) is 4.79 Å². The number of hydrogen-bond acceptors (Lipinski definition) is 9. The van der Waals surface area contributed by atoms with Crippen molar-refractivity contribution in [2.75, 3.05) is 44.7 Å². The highest BCUT2D eigenvalue weighted by atomic mass is 35.5. The third kappa shape index (κ3) is 5.76. The maximum Gasteiger partial charge on any atom is 0.319 e. The molecule has 252 valence electrons. The van der Waals surface area contributed by atoms with E-state index in [0.717, 1.165) is 49.5 Å². The minimum atomic E-state index is -0.564. The summed E-state index contributed by atoms with van der Waals surface area (Å²) in [6, 6.07) is 11.3. The van der Waals surface area contributed by atoms with E-state index in [2.05, 4.69) is 20.2 Å². The van der Waals surface area contributed by atoms with Crippen LogP contribution in [0.5, 0.6) is 6.01 Å². The molecular formula is C36H37ClFN9O2. The second-order valence-electron chi connectivity index (χ2n) is 13.4. The summed E-state index contributed by atoms with van der Waals surface area (Å²) in [5, 5.41) is 10.5. The number of nitrogens with zero attached hydrogens (tertiary/aromatic N) is 9. The minimum Gasteiger partial charge on any atom is -0.461 e. The Morgan fingerprint density at radius 2 is 1.94 bits per heavy atom. The maximum absolute atomic E-state index is 16.8. The lowest BCUT2D eigenvalue weighted by atomic mass is 9.95. The van der Waals surface area contributed by atoms with Crippen molar-refractivity contribution in [3.63, 3.8) is 0 Å². The predicted octanol–water partition coefficient (Wildman–Crippen LogP) is 5.52. The van der Waals surface area contributed by atoms with E-state index in [-0.39, 0.29) is 34.7 Å². The molecule has 0 saturated carbocycles. The molecule has 5 aromatic rings. The molecule has 0 N–H and O–H groups in total. The smallest absolute Gasteiger partial charge is 0.319 e. The molecule has 0 radical (unpaired) electrons. The molecule has 3 aliphatic heterocycles. The van der Waals surface area contributed by atoms with Crippen molar-refractivity contribution in [3.05, 3.63) is 71.4 Å². The summed E-state index contributed by atoms with van der Waals surface area (Å²) in [6.07, 6.45) is 11.7. The van der Waals surface area contributed by atoms with Crippen LogP contribution in [0.1, 0.15) is 37.8 Å². The Labute approximate surface area is 288 Å². The van der Waals surface area contributed by atoms with Gasteiger partial charge in [-0.15, -0.1) is 5.10 Å². The van der Waals surface area contributed by atoms with E-state index in [4.69, 9.17) is 26.3 Å². The van der Waals surface area contributed by atoms with Crippen molar-refractivity contribution >= 4 is 51.1 Å². The summed E-state index contributed by atoms with van der Waals surface area (Å²) in [5.41, 5.74) is 1.46. The van der Waals surface area contributed by atoms with Crippen LogP contribution in [-0.4, -0.2) is 97.1 Å². The number of ether oxygens (including phenoxy) is 1.